The van der Waals surface area contributed by atoms with Crippen molar-refractivity contribution in [1.29, 1.82) is 0 Å². The van der Waals surface area contributed by atoms with Crippen molar-refractivity contribution in [2.24, 2.45) is 0 Å². The van der Waals surface area contributed by atoms with Gasteiger partial charge in [0, 0.05) is 25.2 Å². The van der Waals surface area contributed by atoms with Crippen molar-refractivity contribution in [3.05, 3.63) is 12.0 Å². The molecule has 0 radical (unpaired) electrons. The molecule has 2 saturated heterocycles. The van der Waals surface area contributed by atoms with Crippen LogP contribution in [0.15, 0.2) is 6.20 Å². The Kier molecular flexibility index (Phi) is 2.81. The summed E-state index contributed by atoms with van der Waals surface area (Å²) in [5.41, 5.74) is 5.56. The van der Waals surface area contributed by atoms with Crippen molar-refractivity contribution in [1.82, 2.24) is 14.9 Å². The number of piperazine rings is 1. The quantitative estimate of drug-likeness (QED) is 0.802. The van der Waals surface area contributed by atoms with E-state index in [2.05, 4.69) is 21.8 Å². The molecule has 2 atom stereocenters. The van der Waals surface area contributed by atoms with E-state index in [1.54, 1.807) is 0 Å². The topological polar surface area (TPSA) is 58.3 Å². The van der Waals surface area contributed by atoms with E-state index in [1.165, 1.54) is 12.8 Å². The zero-order valence-corrected chi connectivity index (χ0v) is 10.5. The number of nitrogens with zero attached hydrogens (tertiary/aromatic N) is 4. The first-order chi connectivity index (χ1) is 8.65. The van der Waals surface area contributed by atoms with Gasteiger partial charge in [-0.3, -0.25) is 4.90 Å². The number of rotatable bonds is 1. The highest BCUT2D eigenvalue weighted by Crippen LogP contribution is 2.28. The lowest BCUT2D eigenvalue weighted by atomic mass is 10.1. The molecule has 5 nitrogen and oxygen atoms in total. The van der Waals surface area contributed by atoms with Crippen LogP contribution in [0.5, 0.6) is 0 Å². The van der Waals surface area contributed by atoms with Crippen LogP contribution in [0.4, 0.5) is 16.2 Å². The van der Waals surface area contributed by atoms with Crippen LogP contribution >= 0.6 is 0 Å². The van der Waals surface area contributed by atoms with E-state index in [1.807, 2.05) is 4.90 Å². The lowest BCUT2D eigenvalue weighted by molar-refractivity contribution is 0.201. The molecule has 2 fully saturated rings. The maximum atomic E-state index is 13.8. The van der Waals surface area contributed by atoms with Gasteiger partial charge in [-0.05, 0) is 26.3 Å². The Labute approximate surface area is 106 Å². The predicted molar refractivity (Wildman–Crippen MR) is 67.8 cm³/mol. The Morgan fingerprint density at radius 2 is 2.28 bits per heavy atom. The zero-order chi connectivity index (χ0) is 12.7. The molecular weight excluding hydrogens is 233 g/mol. The minimum Gasteiger partial charge on any atom is -0.368 e. The molecule has 98 valence electrons. The third-order valence-electron chi connectivity index (χ3n) is 3.95. The van der Waals surface area contributed by atoms with Crippen LogP contribution in [0.1, 0.15) is 19.8 Å². The number of fused-ring (bicyclic) bond motifs is 1. The normalized spacial score (nSPS) is 28.4. The molecule has 3 heterocycles. The SMILES string of the molecule is CC1CN2CCCC2CN1c1nc(N)ncc1F. The Balaban J connectivity index is 1.88. The van der Waals surface area contributed by atoms with Crippen LogP contribution in [0.3, 0.4) is 0 Å². The number of hydrogen-bond acceptors (Lipinski definition) is 5. The van der Waals surface area contributed by atoms with Crippen LogP contribution in [0.25, 0.3) is 0 Å². The number of nitrogens with two attached hydrogens (primary N) is 1. The highest BCUT2D eigenvalue weighted by molar-refractivity contribution is 5.44. The molecule has 6 heteroatoms. The first kappa shape index (κ1) is 11.6. The molecule has 2 aliphatic heterocycles. The van der Waals surface area contributed by atoms with Gasteiger partial charge in [0.1, 0.15) is 0 Å². The lowest BCUT2D eigenvalue weighted by Gasteiger charge is -2.42. The first-order valence-electron chi connectivity index (χ1n) is 6.44. The summed E-state index contributed by atoms with van der Waals surface area (Å²) < 4.78 is 13.8. The van der Waals surface area contributed by atoms with Gasteiger partial charge in [-0.25, -0.2) is 9.37 Å². The molecular formula is C12H18FN5. The number of hydrogen-bond donors (Lipinski definition) is 1. The van der Waals surface area contributed by atoms with Crippen LogP contribution in [-0.4, -0.2) is 46.6 Å². The summed E-state index contributed by atoms with van der Waals surface area (Å²) >= 11 is 0. The van der Waals surface area contributed by atoms with Gasteiger partial charge in [0.15, 0.2) is 11.6 Å². The summed E-state index contributed by atoms with van der Waals surface area (Å²) in [6.07, 6.45) is 3.58. The third kappa shape index (κ3) is 1.90. The van der Waals surface area contributed by atoms with E-state index >= 15 is 0 Å². The summed E-state index contributed by atoms with van der Waals surface area (Å²) in [7, 11) is 0. The fraction of sp³-hybridized carbons (Fsp3) is 0.667. The van der Waals surface area contributed by atoms with E-state index in [0.29, 0.717) is 11.9 Å². The molecule has 2 aliphatic rings. The van der Waals surface area contributed by atoms with Crippen LogP contribution in [0, 0.1) is 5.82 Å². The highest BCUT2D eigenvalue weighted by atomic mass is 19.1. The van der Waals surface area contributed by atoms with Crippen LogP contribution in [-0.2, 0) is 0 Å². The summed E-state index contributed by atoms with van der Waals surface area (Å²) in [6.45, 7) is 5.06. The van der Waals surface area contributed by atoms with Gasteiger partial charge in [-0.15, -0.1) is 0 Å². The summed E-state index contributed by atoms with van der Waals surface area (Å²) in [6, 6.07) is 0.778. The summed E-state index contributed by atoms with van der Waals surface area (Å²) in [5, 5.41) is 0. The average molecular weight is 251 g/mol. The molecule has 1 aromatic rings. The lowest BCUT2D eigenvalue weighted by Crippen LogP contribution is -2.55. The molecule has 0 aromatic carbocycles. The van der Waals surface area contributed by atoms with Crippen molar-refractivity contribution in [2.45, 2.75) is 31.8 Å². The van der Waals surface area contributed by atoms with Crippen molar-refractivity contribution >= 4 is 11.8 Å². The van der Waals surface area contributed by atoms with Gasteiger partial charge in [-0.2, -0.15) is 4.98 Å². The van der Waals surface area contributed by atoms with Gasteiger partial charge in [0.05, 0.1) is 6.20 Å². The fourth-order valence-corrected chi connectivity index (χ4v) is 3.06. The van der Waals surface area contributed by atoms with Gasteiger partial charge in [0.2, 0.25) is 5.95 Å². The van der Waals surface area contributed by atoms with Gasteiger partial charge >= 0.3 is 0 Å². The second-order valence-corrected chi connectivity index (χ2v) is 5.19. The predicted octanol–water partition coefficient (Wildman–Crippen LogP) is 0.871. The third-order valence-corrected chi connectivity index (χ3v) is 3.95. The van der Waals surface area contributed by atoms with Crippen molar-refractivity contribution in [3.63, 3.8) is 0 Å². The molecule has 0 aliphatic carbocycles. The van der Waals surface area contributed by atoms with Crippen LogP contribution < -0.4 is 10.6 Å². The van der Waals surface area contributed by atoms with Gasteiger partial charge in [-0.1, -0.05) is 0 Å². The van der Waals surface area contributed by atoms with Gasteiger partial charge < -0.3 is 10.6 Å². The number of nitrogen functional groups attached to an aromatic ring is 1. The van der Waals surface area contributed by atoms with E-state index in [0.717, 1.165) is 25.8 Å². The molecule has 2 unspecified atom stereocenters. The molecule has 2 N–H and O–H groups in total. The highest BCUT2D eigenvalue weighted by Gasteiger charge is 2.35. The molecule has 0 spiro atoms. The zero-order valence-electron chi connectivity index (χ0n) is 10.5. The van der Waals surface area contributed by atoms with E-state index in [9.17, 15) is 4.39 Å². The Bertz CT molecular complexity index is 452. The molecule has 18 heavy (non-hydrogen) atoms. The molecule has 1 aromatic heterocycles. The minimum atomic E-state index is -0.387. The van der Waals surface area contributed by atoms with E-state index in [-0.39, 0.29) is 17.8 Å². The Morgan fingerprint density at radius 1 is 1.44 bits per heavy atom. The van der Waals surface area contributed by atoms with E-state index < -0.39 is 0 Å². The smallest absolute Gasteiger partial charge is 0.222 e. The van der Waals surface area contributed by atoms with Crippen molar-refractivity contribution in [2.75, 3.05) is 30.3 Å². The number of anilines is 2. The second kappa shape index (κ2) is 4.35. The molecule has 0 saturated carbocycles. The van der Waals surface area contributed by atoms with Crippen LogP contribution in [0.2, 0.25) is 0 Å². The van der Waals surface area contributed by atoms with Gasteiger partial charge in [0.25, 0.3) is 0 Å². The maximum Gasteiger partial charge on any atom is 0.222 e. The molecule has 3 rings (SSSR count). The largest absolute Gasteiger partial charge is 0.368 e. The second-order valence-electron chi connectivity index (χ2n) is 5.19. The monoisotopic (exact) mass is 251 g/mol. The summed E-state index contributed by atoms with van der Waals surface area (Å²) in [4.78, 5) is 12.3. The maximum absolute atomic E-state index is 13.8. The average Bonchev–Trinajstić information content (AvgIpc) is 2.78. The van der Waals surface area contributed by atoms with Crippen molar-refractivity contribution in [3.8, 4) is 0 Å². The Hall–Kier alpha value is -1.43. The molecule has 0 bridgehead atoms. The minimum absolute atomic E-state index is 0.132. The first-order valence-corrected chi connectivity index (χ1v) is 6.44. The summed E-state index contributed by atoms with van der Waals surface area (Å²) in [5.74, 6) is 0.0940. The fourth-order valence-electron chi connectivity index (χ4n) is 3.06. The number of halogens is 1. The standard InChI is InChI=1S/C12H18FN5/c1-8-6-17-4-2-3-9(17)7-18(8)11-10(13)5-15-12(14)16-11/h5,8-9H,2-4,6-7H2,1H3,(H2,14,15,16). The Morgan fingerprint density at radius 3 is 3.11 bits per heavy atom. The molecule has 0 amide bonds. The van der Waals surface area contributed by atoms with Crippen molar-refractivity contribution < 1.29 is 4.39 Å². The van der Waals surface area contributed by atoms with E-state index in [4.69, 9.17) is 5.73 Å². The number of aromatic nitrogens is 2.